The third-order valence-electron chi connectivity index (χ3n) is 8.31. The molecule has 3 saturated heterocycles. The van der Waals surface area contributed by atoms with Crippen molar-refractivity contribution < 1.29 is 9.53 Å². The molecule has 3 heterocycles. The summed E-state index contributed by atoms with van der Waals surface area (Å²) in [7, 11) is 3.78. The van der Waals surface area contributed by atoms with Gasteiger partial charge in [-0.25, -0.2) is 0 Å². The normalized spacial score (nSPS) is 29.4. The molecule has 4 aliphatic rings. The Balaban J connectivity index is 1.15. The largest absolute Gasteiger partial charge is 0.381 e. The Hall–Kier alpha value is -1.47. The Bertz CT molecular complexity index is 765. The van der Waals surface area contributed by atoms with E-state index < -0.39 is 0 Å². The van der Waals surface area contributed by atoms with Crippen molar-refractivity contribution >= 4 is 5.91 Å². The first-order chi connectivity index (χ1) is 15.5. The van der Waals surface area contributed by atoms with E-state index in [4.69, 9.17) is 4.74 Å². The van der Waals surface area contributed by atoms with E-state index in [2.05, 4.69) is 45.4 Å². The number of nitrogens with zero attached hydrogens (tertiary/aromatic N) is 3. The van der Waals surface area contributed by atoms with E-state index >= 15 is 0 Å². The van der Waals surface area contributed by atoms with Gasteiger partial charge in [-0.2, -0.15) is 0 Å². The van der Waals surface area contributed by atoms with E-state index in [1.165, 1.54) is 24.8 Å². The third kappa shape index (κ3) is 4.74. The number of benzene rings is 1. The molecule has 6 nitrogen and oxygen atoms in total. The molecule has 3 aliphatic heterocycles. The van der Waals surface area contributed by atoms with Crippen LogP contribution >= 0.6 is 0 Å². The van der Waals surface area contributed by atoms with Crippen molar-refractivity contribution in [2.75, 3.05) is 53.5 Å². The number of ether oxygens (including phenoxy) is 1. The molecule has 32 heavy (non-hydrogen) atoms. The van der Waals surface area contributed by atoms with Crippen molar-refractivity contribution in [3.63, 3.8) is 0 Å². The number of carbonyl (C=O) groups is 1. The minimum atomic E-state index is 0.0246. The maximum atomic E-state index is 12.7. The Morgan fingerprint density at radius 2 is 1.78 bits per heavy atom. The predicted molar refractivity (Wildman–Crippen MR) is 127 cm³/mol. The highest BCUT2D eigenvalue weighted by molar-refractivity contribution is 5.77. The van der Waals surface area contributed by atoms with Crippen LogP contribution in [0.15, 0.2) is 30.3 Å². The van der Waals surface area contributed by atoms with Crippen LogP contribution in [0, 0.1) is 0 Å². The third-order valence-corrected chi connectivity index (χ3v) is 8.31. The van der Waals surface area contributed by atoms with E-state index in [0.29, 0.717) is 30.5 Å². The summed E-state index contributed by atoms with van der Waals surface area (Å²) in [5.74, 6) is 0.957. The van der Waals surface area contributed by atoms with Crippen molar-refractivity contribution in [2.24, 2.45) is 0 Å². The molecule has 0 bridgehead atoms. The molecule has 1 aromatic rings. The average molecular weight is 441 g/mol. The molecular formula is C26H40N4O2. The van der Waals surface area contributed by atoms with Crippen LogP contribution < -0.4 is 5.32 Å². The lowest BCUT2D eigenvalue weighted by Crippen LogP contribution is -2.74. The highest BCUT2D eigenvalue weighted by atomic mass is 16.5. The van der Waals surface area contributed by atoms with Crippen LogP contribution in [0.2, 0.25) is 0 Å². The van der Waals surface area contributed by atoms with Gasteiger partial charge in [-0.15, -0.1) is 0 Å². The Kier molecular flexibility index (Phi) is 6.57. The van der Waals surface area contributed by atoms with Crippen LogP contribution in [0.3, 0.4) is 0 Å². The highest BCUT2D eigenvalue weighted by Gasteiger charge is 2.51. The van der Waals surface area contributed by atoms with Crippen molar-refractivity contribution in [3.8, 4) is 0 Å². The summed E-state index contributed by atoms with van der Waals surface area (Å²) < 4.78 is 5.56. The average Bonchev–Trinajstić information content (AvgIpc) is 3.56. The van der Waals surface area contributed by atoms with Gasteiger partial charge in [0.25, 0.3) is 0 Å². The van der Waals surface area contributed by atoms with E-state index in [1.54, 1.807) is 4.90 Å². The van der Waals surface area contributed by atoms with Gasteiger partial charge >= 0.3 is 0 Å². The lowest BCUT2D eigenvalue weighted by atomic mass is 9.80. The molecule has 1 saturated carbocycles. The van der Waals surface area contributed by atoms with Gasteiger partial charge in [-0.05, 0) is 37.7 Å². The number of carbonyl (C=O) groups excluding carboxylic acids is 1. The number of rotatable bonds is 7. The van der Waals surface area contributed by atoms with Crippen LogP contribution in [-0.2, 0) is 9.53 Å². The Labute approximate surface area is 193 Å². The zero-order valence-electron chi connectivity index (χ0n) is 19.8. The second-order valence-corrected chi connectivity index (χ2v) is 10.7. The minimum absolute atomic E-state index is 0.0246. The summed E-state index contributed by atoms with van der Waals surface area (Å²) in [6.45, 7) is 6.04. The quantitative estimate of drug-likeness (QED) is 0.705. The molecule has 176 valence electrons. The molecule has 2 atom stereocenters. The van der Waals surface area contributed by atoms with Gasteiger partial charge in [-0.1, -0.05) is 30.3 Å². The van der Waals surface area contributed by atoms with Gasteiger partial charge in [0.15, 0.2) is 0 Å². The standard InChI is InChI=1S/C26H40N4O2/c1-28(2)25(31)17-26(18-29(19-26)22-10-14-32-15-11-22)30-12-8-21(9-13-30)27-24-16-23(24)20-6-4-3-5-7-20/h3-7,21-24,27H,8-19H2,1-2H3/t23?,24-/m1/s1. The van der Waals surface area contributed by atoms with Gasteiger partial charge in [0.1, 0.15) is 0 Å². The van der Waals surface area contributed by atoms with Crippen molar-refractivity contribution in [1.29, 1.82) is 0 Å². The van der Waals surface area contributed by atoms with E-state index in [0.717, 1.165) is 52.2 Å². The first kappa shape index (κ1) is 22.3. The Morgan fingerprint density at radius 3 is 2.44 bits per heavy atom. The van der Waals surface area contributed by atoms with Crippen molar-refractivity contribution in [1.82, 2.24) is 20.0 Å². The maximum Gasteiger partial charge on any atom is 0.224 e. The first-order valence-corrected chi connectivity index (χ1v) is 12.6. The minimum Gasteiger partial charge on any atom is -0.381 e. The molecular weight excluding hydrogens is 400 g/mol. The summed E-state index contributed by atoms with van der Waals surface area (Å²) >= 11 is 0. The van der Waals surface area contributed by atoms with Gasteiger partial charge in [0.05, 0.1) is 5.54 Å². The SMILES string of the molecule is CN(C)C(=O)CC1(N2CCC(N[C@@H]3CC3c3ccccc3)CC2)CN(C2CCOCC2)C1. The molecule has 4 fully saturated rings. The van der Waals surface area contributed by atoms with Crippen LogP contribution in [0.1, 0.15) is 50.0 Å². The molecule has 1 aliphatic carbocycles. The molecule has 0 aromatic heterocycles. The van der Waals surface area contributed by atoms with Crippen molar-refractivity contribution in [3.05, 3.63) is 35.9 Å². The number of hydrogen-bond donors (Lipinski definition) is 1. The predicted octanol–water partition coefficient (Wildman–Crippen LogP) is 2.31. The number of amides is 1. The zero-order valence-corrected chi connectivity index (χ0v) is 19.8. The fourth-order valence-corrected chi connectivity index (χ4v) is 6.15. The van der Waals surface area contributed by atoms with Crippen LogP contribution in [0.25, 0.3) is 0 Å². The molecule has 1 N–H and O–H groups in total. The van der Waals surface area contributed by atoms with Crippen LogP contribution in [0.5, 0.6) is 0 Å². The molecule has 1 amide bonds. The number of piperidine rings is 1. The summed E-state index contributed by atoms with van der Waals surface area (Å²) in [4.78, 5) is 19.8. The Morgan fingerprint density at radius 1 is 1.09 bits per heavy atom. The van der Waals surface area contributed by atoms with E-state index in [9.17, 15) is 4.79 Å². The lowest BCUT2D eigenvalue weighted by molar-refractivity contribution is -0.143. The van der Waals surface area contributed by atoms with Crippen molar-refractivity contribution in [2.45, 2.75) is 68.1 Å². The van der Waals surface area contributed by atoms with Crippen LogP contribution in [-0.4, -0.2) is 97.8 Å². The second-order valence-electron chi connectivity index (χ2n) is 10.7. The fourth-order valence-electron chi connectivity index (χ4n) is 6.15. The molecule has 6 heteroatoms. The zero-order chi connectivity index (χ0) is 22.1. The number of hydrogen-bond acceptors (Lipinski definition) is 5. The molecule has 5 rings (SSSR count). The topological polar surface area (TPSA) is 48.1 Å². The maximum absolute atomic E-state index is 12.7. The van der Waals surface area contributed by atoms with Gasteiger partial charge in [0.2, 0.25) is 5.91 Å². The van der Waals surface area contributed by atoms with Crippen LogP contribution in [0.4, 0.5) is 0 Å². The summed E-state index contributed by atoms with van der Waals surface area (Å²) in [5, 5.41) is 3.94. The molecule has 1 aromatic carbocycles. The second kappa shape index (κ2) is 9.41. The highest BCUT2D eigenvalue weighted by Crippen LogP contribution is 2.42. The molecule has 1 unspecified atom stereocenters. The van der Waals surface area contributed by atoms with E-state index in [1.807, 2.05) is 14.1 Å². The summed E-state index contributed by atoms with van der Waals surface area (Å²) in [5.41, 5.74) is 1.50. The molecule has 0 spiro atoms. The smallest absolute Gasteiger partial charge is 0.224 e. The first-order valence-electron chi connectivity index (χ1n) is 12.6. The number of nitrogens with one attached hydrogen (secondary N) is 1. The lowest BCUT2D eigenvalue weighted by Gasteiger charge is -2.59. The van der Waals surface area contributed by atoms with Gasteiger partial charge in [-0.3, -0.25) is 14.6 Å². The fraction of sp³-hybridized carbons (Fsp3) is 0.731. The monoisotopic (exact) mass is 440 g/mol. The van der Waals surface area contributed by atoms with Gasteiger partial charge in [0, 0.05) is 84.0 Å². The summed E-state index contributed by atoms with van der Waals surface area (Å²) in [6.07, 6.45) is 6.56. The van der Waals surface area contributed by atoms with Gasteiger partial charge < -0.3 is 15.0 Å². The summed E-state index contributed by atoms with van der Waals surface area (Å²) in [6, 6.07) is 12.8. The molecule has 0 radical (unpaired) electrons. The number of likely N-dealkylation sites (tertiary alicyclic amines) is 2. The van der Waals surface area contributed by atoms with E-state index in [-0.39, 0.29) is 11.4 Å².